The molecule has 12 heteroatoms. The number of nitrogens with zero attached hydrogens (tertiary/aromatic N) is 2. The van der Waals surface area contributed by atoms with Gasteiger partial charge in [-0.15, -0.1) is 23.1 Å². The number of carbonyl (C=O) groups excluding carboxylic acids is 3. The number of β-lactam (4-membered cyclic amide) rings is 1. The zero-order valence-corrected chi connectivity index (χ0v) is 19.0. The molecule has 4 rings (SSSR count). The van der Waals surface area contributed by atoms with Crippen LogP contribution in [0, 0.1) is 5.41 Å². The molecule has 2 atom stereocenters. The first-order valence-corrected chi connectivity index (χ1v) is 12.0. The van der Waals surface area contributed by atoms with Crippen LogP contribution in [0.25, 0.3) is 0 Å². The lowest BCUT2D eigenvalue weighted by Crippen LogP contribution is -2.68. The highest BCUT2D eigenvalue weighted by molar-refractivity contribution is 8.00. The van der Waals surface area contributed by atoms with E-state index < -0.39 is 30.1 Å². The summed E-state index contributed by atoms with van der Waals surface area (Å²) >= 11 is 3.05. The average Bonchev–Trinajstić information content (AvgIpc) is 3.31. The summed E-state index contributed by atoms with van der Waals surface area (Å²) in [5.74, 6) is -1.90. The number of thioether (sulfide) groups is 1. The quantitative estimate of drug-likeness (QED) is 0.228. The lowest BCUT2D eigenvalue weighted by Gasteiger charge is -2.47. The van der Waals surface area contributed by atoms with Gasteiger partial charge in [0.2, 0.25) is 11.8 Å². The van der Waals surface area contributed by atoms with Crippen molar-refractivity contribution in [2.24, 2.45) is 5.41 Å². The van der Waals surface area contributed by atoms with E-state index in [0.717, 1.165) is 10.5 Å². The van der Waals surface area contributed by atoms with E-state index in [4.69, 9.17) is 5.11 Å². The predicted octanol–water partition coefficient (Wildman–Crippen LogP) is 0.0544. The van der Waals surface area contributed by atoms with Crippen molar-refractivity contribution in [2.45, 2.75) is 17.8 Å². The SMILES string of the molecule is O=C(Cc1cccs1)N[C@@H]1C(=O)N2C=C(CN3C=CC(C(=O)O)(C(=O)NCO)C=C3)CS[C@H]12. The molecule has 0 aromatic carbocycles. The molecular formula is C21H22N4O6S2. The van der Waals surface area contributed by atoms with Gasteiger partial charge in [0, 0.05) is 35.8 Å². The highest BCUT2D eigenvalue weighted by Gasteiger charge is 2.49. The van der Waals surface area contributed by atoms with Gasteiger partial charge >= 0.3 is 5.97 Å². The summed E-state index contributed by atoms with van der Waals surface area (Å²) in [5, 5.41) is 25.1. The van der Waals surface area contributed by atoms with Crippen molar-refractivity contribution < 1.29 is 29.4 Å². The first kappa shape index (κ1) is 23.1. The van der Waals surface area contributed by atoms with Crippen molar-refractivity contribution in [3.05, 3.63) is 58.7 Å². The molecule has 1 aromatic rings. The Hall–Kier alpha value is -3.09. The van der Waals surface area contributed by atoms with Crippen molar-refractivity contribution in [2.75, 3.05) is 19.0 Å². The minimum absolute atomic E-state index is 0.150. The van der Waals surface area contributed by atoms with E-state index >= 15 is 0 Å². The Balaban J connectivity index is 1.34. The number of nitrogens with one attached hydrogen (secondary N) is 2. The highest BCUT2D eigenvalue weighted by Crippen LogP contribution is 2.37. The van der Waals surface area contributed by atoms with Crippen molar-refractivity contribution in [3.63, 3.8) is 0 Å². The van der Waals surface area contributed by atoms with Crippen LogP contribution in [0.3, 0.4) is 0 Å². The predicted molar refractivity (Wildman–Crippen MR) is 121 cm³/mol. The van der Waals surface area contributed by atoms with Crippen LogP contribution >= 0.6 is 23.1 Å². The number of rotatable bonds is 8. The summed E-state index contributed by atoms with van der Waals surface area (Å²) in [6.07, 6.45) is 7.52. The van der Waals surface area contributed by atoms with Crippen LogP contribution in [-0.2, 0) is 25.6 Å². The van der Waals surface area contributed by atoms with Gasteiger partial charge in [-0.3, -0.25) is 19.2 Å². The van der Waals surface area contributed by atoms with E-state index in [9.17, 15) is 24.3 Å². The van der Waals surface area contributed by atoms with Gasteiger partial charge in [0.15, 0.2) is 5.41 Å². The summed E-state index contributed by atoms with van der Waals surface area (Å²) in [6, 6.07) is 3.22. The monoisotopic (exact) mass is 490 g/mol. The van der Waals surface area contributed by atoms with E-state index in [1.54, 1.807) is 27.8 Å². The number of fused-ring (bicyclic) bond motifs is 1. The zero-order chi connectivity index (χ0) is 23.6. The summed E-state index contributed by atoms with van der Waals surface area (Å²) in [6.45, 7) is -0.257. The van der Waals surface area contributed by atoms with Crippen LogP contribution in [0.15, 0.2) is 53.8 Å². The number of carboxylic acid groups (broad SMARTS) is 1. The maximum atomic E-state index is 12.6. The average molecular weight is 491 g/mol. The van der Waals surface area contributed by atoms with Crippen molar-refractivity contribution in [1.82, 2.24) is 20.4 Å². The second-order valence-electron chi connectivity index (χ2n) is 7.68. The summed E-state index contributed by atoms with van der Waals surface area (Å²) in [5.41, 5.74) is -0.952. The summed E-state index contributed by atoms with van der Waals surface area (Å²) in [7, 11) is 0. The van der Waals surface area contributed by atoms with Gasteiger partial charge in [-0.25, -0.2) is 0 Å². The number of thiophene rings is 1. The van der Waals surface area contributed by atoms with Crippen LogP contribution < -0.4 is 10.6 Å². The van der Waals surface area contributed by atoms with Gasteiger partial charge in [-0.1, -0.05) is 6.07 Å². The number of hydrogen-bond acceptors (Lipinski definition) is 8. The Morgan fingerprint density at radius 2 is 2.00 bits per heavy atom. The molecule has 3 aliphatic rings. The third-order valence-electron chi connectivity index (χ3n) is 5.49. The van der Waals surface area contributed by atoms with E-state index in [1.807, 2.05) is 17.5 Å². The molecule has 0 spiro atoms. The first-order chi connectivity index (χ1) is 15.8. The number of carboxylic acids is 1. The maximum absolute atomic E-state index is 12.6. The van der Waals surface area contributed by atoms with E-state index in [-0.39, 0.29) is 23.6 Å². The minimum atomic E-state index is -1.89. The molecule has 1 fully saturated rings. The normalized spacial score (nSPS) is 22.8. The lowest BCUT2D eigenvalue weighted by molar-refractivity contribution is -0.150. The molecule has 3 aliphatic heterocycles. The Morgan fingerprint density at radius 1 is 1.24 bits per heavy atom. The molecule has 4 heterocycles. The topological polar surface area (TPSA) is 139 Å². The standard InChI is InChI=1S/C21H22N4O6S2/c26-12-22-19(29)21(20(30)31)3-5-24(6-4-21)9-13-10-25-17(28)16(18(25)33-11-13)23-15(27)8-14-2-1-7-32-14/h1-7,10,16,18,26H,8-9,11-12H2,(H,22,29)(H,23,27)(H,30,31)/t16-,18-/m1/s1. The summed E-state index contributed by atoms with van der Waals surface area (Å²) in [4.78, 5) is 52.8. The Morgan fingerprint density at radius 3 is 2.64 bits per heavy atom. The molecular weight excluding hydrogens is 468 g/mol. The molecule has 33 heavy (non-hydrogen) atoms. The van der Waals surface area contributed by atoms with Gasteiger partial charge in [0.1, 0.15) is 18.1 Å². The van der Waals surface area contributed by atoms with Crippen LogP contribution in [0.1, 0.15) is 4.88 Å². The van der Waals surface area contributed by atoms with E-state index in [1.165, 1.54) is 35.9 Å². The highest BCUT2D eigenvalue weighted by atomic mass is 32.2. The number of hydrogen-bond donors (Lipinski definition) is 4. The second-order valence-corrected chi connectivity index (χ2v) is 9.81. The van der Waals surface area contributed by atoms with Crippen LogP contribution in [0.2, 0.25) is 0 Å². The molecule has 174 valence electrons. The number of amides is 3. The van der Waals surface area contributed by atoms with Gasteiger partial charge in [0.05, 0.1) is 6.42 Å². The number of aliphatic carboxylic acids is 1. The van der Waals surface area contributed by atoms with Gasteiger partial charge in [0.25, 0.3) is 5.91 Å². The molecule has 10 nitrogen and oxygen atoms in total. The van der Waals surface area contributed by atoms with Crippen LogP contribution in [0.4, 0.5) is 0 Å². The zero-order valence-electron chi connectivity index (χ0n) is 17.3. The Kier molecular flexibility index (Phi) is 6.58. The molecule has 1 aromatic heterocycles. The van der Waals surface area contributed by atoms with Gasteiger partial charge in [-0.05, 0) is 29.2 Å². The number of aliphatic hydroxyl groups is 1. The largest absolute Gasteiger partial charge is 0.480 e. The van der Waals surface area contributed by atoms with E-state index in [2.05, 4.69) is 10.6 Å². The van der Waals surface area contributed by atoms with Crippen molar-refractivity contribution in [1.29, 1.82) is 0 Å². The van der Waals surface area contributed by atoms with Crippen LogP contribution in [0.5, 0.6) is 0 Å². The molecule has 0 aliphatic carbocycles. The molecule has 0 saturated carbocycles. The van der Waals surface area contributed by atoms with Crippen molar-refractivity contribution in [3.8, 4) is 0 Å². The molecule has 3 amide bonds. The summed E-state index contributed by atoms with van der Waals surface area (Å²) < 4.78 is 0. The lowest BCUT2D eigenvalue weighted by atomic mass is 9.85. The third kappa shape index (κ3) is 4.54. The van der Waals surface area contributed by atoms with Crippen LogP contribution in [-0.4, -0.2) is 74.1 Å². The number of aliphatic hydroxyl groups excluding tert-OH is 1. The molecule has 1 saturated heterocycles. The third-order valence-corrected chi connectivity index (χ3v) is 7.74. The second kappa shape index (κ2) is 9.41. The molecule has 0 unspecified atom stereocenters. The Bertz CT molecular complexity index is 1040. The molecule has 0 bridgehead atoms. The fourth-order valence-electron chi connectivity index (χ4n) is 3.72. The smallest absolute Gasteiger partial charge is 0.327 e. The minimum Gasteiger partial charge on any atom is -0.480 e. The molecule has 4 N–H and O–H groups in total. The number of carbonyl (C=O) groups is 4. The first-order valence-electron chi connectivity index (χ1n) is 10.1. The maximum Gasteiger partial charge on any atom is 0.327 e. The van der Waals surface area contributed by atoms with Crippen molar-refractivity contribution >= 4 is 46.8 Å². The van der Waals surface area contributed by atoms with Gasteiger partial charge in [-0.2, -0.15) is 0 Å². The Labute approximate surface area is 197 Å². The fraction of sp³-hybridized carbons (Fsp3) is 0.333. The van der Waals surface area contributed by atoms with Gasteiger partial charge < -0.3 is 30.6 Å². The molecule has 0 radical (unpaired) electrons. The van der Waals surface area contributed by atoms with E-state index in [0.29, 0.717) is 12.3 Å². The fourth-order valence-corrected chi connectivity index (χ4v) is 5.68.